The summed E-state index contributed by atoms with van der Waals surface area (Å²) in [5.41, 5.74) is 35.1. The van der Waals surface area contributed by atoms with E-state index in [0.29, 0.717) is 0 Å². The molecule has 2 aliphatic carbocycles. The van der Waals surface area contributed by atoms with Crippen molar-refractivity contribution in [2.24, 2.45) is 0 Å². The van der Waals surface area contributed by atoms with Crippen molar-refractivity contribution in [3.05, 3.63) is 435 Å². The number of aromatic nitrogens is 2. The SMILES string of the molecule is CC1(C)c2ccccc2-c2ccc(-c3cc4c5cc6ccc(-c7ccccc7)cc6cc5n5c6cc7cc(-c8ccccc8)ccc7cc6c(c3)c45)cc21.CC1(C)c2ccccc2-c2ccc(-c3cc4c5cc6ccc(N(c7ccccc7)c7ccccc7)cc6cc5n5c6cc7cc(N(c8ccccc8)c8ccccc8)ccc7cc6c(c3)c45)cc21. The van der Waals surface area contributed by atoms with Crippen LogP contribution in [-0.4, -0.2) is 8.80 Å². The molecule has 0 aliphatic heterocycles. The first kappa shape index (κ1) is 69.7. The highest BCUT2D eigenvalue weighted by molar-refractivity contribution is 6.29. The van der Waals surface area contributed by atoms with E-state index in [0.717, 1.165) is 34.1 Å². The molecule has 0 N–H and O–H groups in total. The van der Waals surface area contributed by atoms with Crippen LogP contribution >= 0.6 is 0 Å². The van der Waals surface area contributed by atoms with Gasteiger partial charge in [-0.1, -0.05) is 270 Å². The van der Waals surface area contributed by atoms with Crippen LogP contribution in [0.15, 0.2) is 413 Å². The first-order valence-corrected chi connectivity index (χ1v) is 42.7. The van der Waals surface area contributed by atoms with Gasteiger partial charge >= 0.3 is 0 Å². The number of rotatable bonds is 10. The normalized spacial score (nSPS) is 13.2. The molecule has 4 heteroatoms. The van der Waals surface area contributed by atoms with Crippen molar-refractivity contribution in [3.63, 3.8) is 0 Å². The third-order valence-electron chi connectivity index (χ3n) is 27.2. The molecule has 0 radical (unpaired) electrons. The van der Waals surface area contributed by atoms with Gasteiger partial charge in [-0.3, -0.25) is 0 Å². The lowest BCUT2D eigenvalue weighted by Crippen LogP contribution is -2.14. The highest BCUT2D eigenvalue weighted by Crippen LogP contribution is 2.54. The summed E-state index contributed by atoms with van der Waals surface area (Å²) >= 11 is 0. The molecule has 4 heterocycles. The van der Waals surface area contributed by atoms with Crippen molar-refractivity contribution in [3.8, 4) is 66.8 Å². The Morgan fingerprint density at radius 3 is 0.779 bits per heavy atom. The monoisotopic (exact) mass is 1550 g/mol. The predicted molar refractivity (Wildman–Crippen MR) is 518 cm³/mol. The fourth-order valence-electron chi connectivity index (χ4n) is 21.2. The quantitative estimate of drug-likeness (QED) is 0.136. The summed E-state index contributed by atoms with van der Waals surface area (Å²) in [6.07, 6.45) is 0. The summed E-state index contributed by atoms with van der Waals surface area (Å²) in [7, 11) is 0. The van der Waals surface area contributed by atoms with Gasteiger partial charge in [-0.25, -0.2) is 0 Å². The molecule has 572 valence electrons. The Labute approximate surface area is 707 Å². The van der Waals surface area contributed by atoms with Crippen LogP contribution in [-0.2, 0) is 10.8 Å². The lowest BCUT2D eigenvalue weighted by Gasteiger charge is -2.25. The van der Waals surface area contributed by atoms with E-state index >= 15 is 0 Å². The summed E-state index contributed by atoms with van der Waals surface area (Å²) in [6, 6.07) is 153. The number of fused-ring (bicyclic) bond motifs is 22. The van der Waals surface area contributed by atoms with Gasteiger partial charge in [0, 0.05) is 88.0 Å². The van der Waals surface area contributed by atoms with Crippen LogP contribution in [0.1, 0.15) is 49.9 Å². The molecule has 0 unspecified atom stereocenters. The molecule has 0 saturated carbocycles. The fraction of sp³-hybridized carbons (Fsp3) is 0.0508. The maximum Gasteiger partial charge on any atom is 0.0620 e. The van der Waals surface area contributed by atoms with Crippen LogP contribution in [0.3, 0.4) is 0 Å². The highest BCUT2D eigenvalue weighted by Gasteiger charge is 2.38. The minimum absolute atomic E-state index is 0.0551. The minimum Gasteiger partial charge on any atom is -0.310 e. The number of hydrogen-bond acceptors (Lipinski definition) is 2. The molecule has 4 nitrogen and oxygen atoms in total. The van der Waals surface area contributed by atoms with E-state index in [2.05, 4.69) is 459 Å². The van der Waals surface area contributed by atoms with Crippen LogP contribution in [0.5, 0.6) is 0 Å². The smallest absolute Gasteiger partial charge is 0.0620 e. The summed E-state index contributed by atoms with van der Waals surface area (Å²) in [6.45, 7) is 9.49. The molecular weight excluding hydrogens is 1470 g/mol. The Balaban J connectivity index is 0.000000138. The maximum absolute atomic E-state index is 2.55. The Morgan fingerprint density at radius 1 is 0.172 bits per heavy atom. The molecule has 0 amide bonds. The molecule has 26 rings (SSSR count). The van der Waals surface area contributed by atoms with E-state index in [-0.39, 0.29) is 10.8 Å². The number of anilines is 6. The second kappa shape index (κ2) is 26.6. The van der Waals surface area contributed by atoms with Crippen LogP contribution < -0.4 is 9.80 Å². The van der Waals surface area contributed by atoms with Gasteiger partial charge in [-0.15, -0.1) is 0 Å². The average molecular weight is 1550 g/mol. The van der Waals surface area contributed by atoms with Crippen LogP contribution in [0.2, 0.25) is 0 Å². The Morgan fingerprint density at radius 2 is 0.443 bits per heavy atom. The van der Waals surface area contributed by atoms with Crippen LogP contribution in [0.25, 0.3) is 186 Å². The van der Waals surface area contributed by atoms with Gasteiger partial charge in [0.25, 0.3) is 0 Å². The first-order chi connectivity index (χ1) is 59.9. The zero-order chi connectivity index (χ0) is 80.8. The Bertz CT molecular complexity index is 7960. The van der Waals surface area contributed by atoms with Gasteiger partial charge < -0.3 is 18.6 Å². The van der Waals surface area contributed by atoms with Crippen molar-refractivity contribution in [2.75, 3.05) is 9.80 Å². The van der Waals surface area contributed by atoms with E-state index < -0.39 is 0 Å². The second-order valence-corrected chi connectivity index (χ2v) is 34.8. The highest BCUT2D eigenvalue weighted by atomic mass is 15.1. The molecular formula is C118H80N4. The molecule has 0 saturated heterocycles. The van der Waals surface area contributed by atoms with E-state index in [1.807, 2.05) is 0 Å². The molecule has 2 aliphatic rings. The van der Waals surface area contributed by atoms with E-state index in [1.54, 1.807) is 0 Å². The molecule has 122 heavy (non-hydrogen) atoms. The van der Waals surface area contributed by atoms with Gasteiger partial charge in [-0.2, -0.15) is 0 Å². The molecule has 0 spiro atoms. The van der Waals surface area contributed by atoms with Gasteiger partial charge in [0.15, 0.2) is 0 Å². The van der Waals surface area contributed by atoms with Gasteiger partial charge in [0.1, 0.15) is 0 Å². The fourth-order valence-corrected chi connectivity index (χ4v) is 21.2. The summed E-state index contributed by atoms with van der Waals surface area (Å²) < 4.78 is 5.10. The van der Waals surface area contributed by atoms with Crippen molar-refractivity contribution in [1.82, 2.24) is 8.80 Å². The molecule has 0 bridgehead atoms. The van der Waals surface area contributed by atoms with E-state index in [9.17, 15) is 0 Å². The molecule has 0 fully saturated rings. The molecule has 4 aromatic heterocycles. The van der Waals surface area contributed by atoms with Gasteiger partial charge in [0.05, 0.1) is 33.1 Å². The maximum atomic E-state index is 2.55. The molecule has 20 aromatic carbocycles. The predicted octanol–water partition coefficient (Wildman–Crippen LogP) is 32.5. The lowest BCUT2D eigenvalue weighted by molar-refractivity contribution is 0.660. The van der Waals surface area contributed by atoms with E-state index in [4.69, 9.17) is 0 Å². The van der Waals surface area contributed by atoms with Gasteiger partial charge in [0.2, 0.25) is 0 Å². The van der Waals surface area contributed by atoms with Gasteiger partial charge in [-0.05, 0) is 302 Å². The largest absolute Gasteiger partial charge is 0.310 e. The first-order valence-electron chi connectivity index (χ1n) is 42.7. The van der Waals surface area contributed by atoms with Crippen LogP contribution in [0, 0.1) is 0 Å². The van der Waals surface area contributed by atoms with Crippen molar-refractivity contribution in [1.29, 1.82) is 0 Å². The summed E-state index contributed by atoms with van der Waals surface area (Å²) in [5, 5.41) is 20.2. The topological polar surface area (TPSA) is 15.3 Å². The third-order valence-corrected chi connectivity index (χ3v) is 27.2. The molecule has 0 atom stereocenters. The zero-order valence-corrected chi connectivity index (χ0v) is 68.0. The molecule has 24 aromatic rings. The van der Waals surface area contributed by atoms with Crippen molar-refractivity contribution < 1.29 is 0 Å². The lowest BCUT2D eigenvalue weighted by atomic mass is 9.81. The number of para-hydroxylation sites is 4. The minimum atomic E-state index is -0.0891. The van der Waals surface area contributed by atoms with Crippen molar-refractivity contribution in [2.45, 2.75) is 38.5 Å². The number of hydrogen-bond donors (Lipinski definition) is 0. The Hall–Kier alpha value is -15.4. The Kier molecular flexibility index (Phi) is 15.2. The van der Waals surface area contributed by atoms with Crippen molar-refractivity contribution >= 4 is 153 Å². The average Bonchev–Trinajstić information content (AvgIpc) is 1.53. The number of benzene rings is 20. The summed E-state index contributed by atoms with van der Waals surface area (Å²) in [4.78, 5) is 4.70. The van der Waals surface area contributed by atoms with Crippen LogP contribution in [0.4, 0.5) is 34.1 Å². The standard InChI is InChI=1S/C65H45N3.C53H35N/c1-65(2)60-26-16-15-25-54(60)55-32-29-44(39-61(55)65)47-37-58-56-35-42-27-30-52(66(48-17-7-3-8-18-48)49-19-9-4-10-20-49)33-45(42)40-62(56)68-63-41-46-34-53(31-28-43(46)36-57(63)59(38-47)64(58)68)67(50-21-11-5-12-22-50)51-23-13-6-14-24-51;1-53(2)48-16-10-9-15-42(48)43-22-21-38(29-49(43)53)41-27-46-44-25-36-19-17-34(32-11-5-3-6-12-32)23-39(36)30-50(44)54-51-31-40-24-35(33-13-7-4-8-14-33)18-20-37(40)26-45(51)47(28-41)52(46)54/h3-41H,1-2H3;3-31H,1-2H3. The summed E-state index contributed by atoms with van der Waals surface area (Å²) in [5.74, 6) is 0. The second-order valence-electron chi connectivity index (χ2n) is 34.8. The third kappa shape index (κ3) is 10.7. The van der Waals surface area contributed by atoms with E-state index in [1.165, 1.54) is 208 Å². The zero-order valence-electron chi connectivity index (χ0n) is 68.0. The number of nitrogens with zero attached hydrogens (tertiary/aromatic N) is 4.